The van der Waals surface area contributed by atoms with E-state index in [-0.39, 0.29) is 17.4 Å². The van der Waals surface area contributed by atoms with Crippen molar-refractivity contribution in [2.24, 2.45) is 0 Å². The molecule has 1 aromatic rings. The number of halogens is 1. The van der Waals surface area contributed by atoms with Crippen LogP contribution in [0.2, 0.25) is 5.28 Å². The highest BCUT2D eigenvalue weighted by atomic mass is 35.5. The van der Waals surface area contributed by atoms with E-state index in [1.165, 1.54) is 0 Å². The van der Waals surface area contributed by atoms with E-state index in [4.69, 9.17) is 16.7 Å². The van der Waals surface area contributed by atoms with Gasteiger partial charge >= 0.3 is 0 Å². The van der Waals surface area contributed by atoms with Crippen LogP contribution in [0.25, 0.3) is 0 Å². The largest absolute Gasteiger partial charge is 0.396 e. The van der Waals surface area contributed by atoms with Gasteiger partial charge in [0.05, 0.1) is 0 Å². The fourth-order valence-corrected chi connectivity index (χ4v) is 2.25. The second kappa shape index (κ2) is 5.88. The summed E-state index contributed by atoms with van der Waals surface area (Å²) in [5.41, 5.74) is -0.290. The number of nitrogens with zero attached hydrogens (tertiary/aromatic N) is 4. The summed E-state index contributed by atoms with van der Waals surface area (Å²) >= 11 is 5.96. The van der Waals surface area contributed by atoms with Gasteiger partial charge in [-0.15, -0.1) is 0 Å². The van der Waals surface area contributed by atoms with Crippen molar-refractivity contribution in [3.8, 4) is 0 Å². The summed E-state index contributed by atoms with van der Waals surface area (Å²) in [7, 11) is 0. The van der Waals surface area contributed by atoms with E-state index in [1.54, 1.807) is 0 Å². The standard InChI is InChI=1S/C12H20ClN5O/c1-12(2,5-8-19)17-10-14-9(13)15-11(16-10)18-6-3-4-7-18/h19H,3-8H2,1-2H3,(H,14,15,16,17). The van der Waals surface area contributed by atoms with Crippen molar-refractivity contribution in [1.82, 2.24) is 15.0 Å². The molecule has 0 amide bonds. The molecule has 2 heterocycles. The summed E-state index contributed by atoms with van der Waals surface area (Å²) in [6.07, 6.45) is 2.92. The van der Waals surface area contributed by atoms with Crippen molar-refractivity contribution >= 4 is 23.5 Å². The molecule has 1 saturated heterocycles. The molecule has 1 fully saturated rings. The predicted molar refractivity (Wildman–Crippen MR) is 75.7 cm³/mol. The van der Waals surface area contributed by atoms with Crippen LogP contribution >= 0.6 is 11.6 Å². The minimum atomic E-state index is -0.290. The summed E-state index contributed by atoms with van der Waals surface area (Å²) in [4.78, 5) is 14.8. The first-order valence-corrected chi connectivity index (χ1v) is 6.93. The number of nitrogens with one attached hydrogen (secondary N) is 1. The van der Waals surface area contributed by atoms with Crippen LogP contribution < -0.4 is 10.2 Å². The Morgan fingerprint density at radius 2 is 1.95 bits per heavy atom. The molecule has 2 N–H and O–H groups in total. The molecule has 0 aromatic carbocycles. The van der Waals surface area contributed by atoms with Crippen LogP contribution in [0, 0.1) is 0 Å². The lowest BCUT2D eigenvalue weighted by Crippen LogP contribution is -2.33. The van der Waals surface area contributed by atoms with Gasteiger partial charge in [-0.2, -0.15) is 15.0 Å². The minimum Gasteiger partial charge on any atom is -0.396 e. The second-order valence-corrected chi connectivity index (χ2v) is 5.74. The van der Waals surface area contributed by atoms with E-state index in [1.807, 2.05) is 13.8 Å². The summed E-state index contributed by atoms with van der Waals surface area (Å²) in [5, 5.41) is 12.4. The van der Waals surface area contributed by atoms with Crippen LogP contribution in [0.15, 0.2) is 0 Å². The van der Waals surface area contributed by atoms with Crippen molar-refractivity contribution in [3.63, 3.8) is 0 Å². The van der Waals surface area contributed by atoms with Crippen LogP contribution in [-0.2, 0) is 0 Å². The highest BCUT2D eigenvalue weighted by Crippen LogP contribution is 2.21. The Labute approximate surface area is 118 Å². The zero-order chi connectivity index (χ0) is 13.9. The van der Waals surface area contributed by atoms with Crippen LogP contribution in [0.1, 0.15) is 33.1 Å². The van der Waals surface area contributed by atoms with E-state index in [2.05, 4.69) is 25.2 Å². The molecule has 19 heavy (non-hydrogen) atoms. The Bertz CT molecular complexity index is 434. The predicted octanol–water partition coefficient (Wildman–Crippen LogP) is 1.70. The Morgan fingerprint density at radius 1 is 1.26 bits per heavy atom. The van der Waals surface area contributed by atoms with Gasteiger partial charge in [0.2, 0.25) is 17.2 Å². The molecule has 0 aliphatic carbocycles. The SMILES string of the molecule is CC(C)(CCO)Nc1nc(Cl)nc(N2CCCC2)n1. The maximum atomic E-state index is 9.03. The van der Waals surface area contributed by atoms with Gasteiger partial charge in [0.15, 0.2) is 0 Å². The Kier molecular flexibility index (Phi) is 4.42. The molecule has 0 unspecified atom stereocenters. The van der Waals surface area contributed by atoms with Crippen LogP contribution in [-0.4, -0.2) is 45.3 Å². The van der Waals surface area contributed by atoms with Crippen molar-refractivity contribution in [3.05, 3.63) is 5.28 Å². The monoisotopic (exact) mass is 285 g/mol. The zero-order valence-electron chi connectivity index (χ0n) is 11.4. The van der Waals surface area contributed by atoms with Gasteiger partial charge in [0.1, 0.15) is 0 Å². The number of hydrogen-bond acceptors (Lipinski definition) is 6. The first-order valence-electron chi connectivity index (χ1n) is 6.56. The Balaban J connectivity index is 2.16. The fraction of sp³-hybridized carbons (Fsp3) is 0.750. The van der Waals surface area contributed by atoms with Crippen molar-refractivity contribution in [2.75, 3.05) is 29.9 Å². The normalized spacial score (nSPS) is 15.9. The average molecular weight is 286 g/mol. The molecular formula is C12H20ClN5O. The number of rotatable bonds is 5. The number of aromatic nitrogens is 3. The fourth-order valence-electron chi connectivity index (χ4n) is 2.10. The third-order valence-corrected chi connectivity index (χ3v) is 3.34. The topological polar surface area (TPSA) is 74.2 Å². The van der Waals surface area contributed by atoms with Gasteiger partial charge in [0, 0.05) is 25.2 Å². The molecule has 1 aliphatic heterocycles. The van der Waals surface area contributed by atoms with E-state index >= 15 is 0 Å². The second-order valence-electron chi connectivity index (χ2n) is 5.40. The smallest absolute Gasteiger partial charge is 0.231 e. The summed E-state index contributed by atoms with van der Waals surface area (Å²) in [6.45, 7) is 5.99. The molecule has 2 rings (SSSR count). The van der Waals surface area contributed by atoms with Crippen LogP contribution in [0.4, 0.5) is 11.9 Å². The van der Waals surface area contributed by atoms with Gasteiger partial charge in [0.25, 0.3) is 0 Å². The molecule has 0 atom stereocenters. The van der Waals surface area contributed by atoms with E-state index < -0.39 is 0 Å². The number of aliphatic hydroxyl groups excluding tert-OH is 1. The summed E-state index contributed by atoms with van der Waals surface area (Å²) < 4.78 is 0. The quantitative estimate of drug-likeness (QED) is 0.858. The molecule has 6 nitrogen and oxygen atoms in total. The molecule has 1 aromatic heterocycles. The molecule has 0 saturated carbocycles. The third-order valence-electron chi connectivity index (χ3n) is 3.17. The summed E-state index contributed by atoms with van der Waals surface area (Å²) in [6, 6.07) is 0. The molecule has 0 bridgehead atoms. The number of anilines is 2. The highest BCUT2D eigenvalue weighted by Gasteiger charge is 2.21. The molecular weight excluding hydrogens is 266 g/mol. The van der Waals surface area contributed by atoms with Crippen molar-refractivity contribution < 1.29 is 5.11 Å². The zero-order valence-corrected chi connectivity index (χ0v) is 12.1. The number of aliphatic hydroxyl groups is 1. The van der Waals surface area contributed by atoms with Crippen molar-refractivity contribution in [1.29, 1.82) is 0 Å². The Hall–Kier alpha value is -1.14. The first-order chi connectivity index (χ1) is 9.00. The minimum absolute atomic E-state index is 0.109. The van der Waals surface area contributed by atoms with Gasteiger partial charge < -0.3 is 15.3 Å². The van der Waals surface area contributed by atoms with Gasteiger partial charge in [-0.1, -0.05) is 0 Å². The highest BCUT2D eigenvalue weighted by molar-refractivity contribution is 6.28. The van der Waals surface area contributed by atoms with Gasteiger partial charge in [-0.25, -0.2) is 0 Å². The Morgan fingerprint density at radius 3 is 2.58 bits per heavy atom. The molecule has 0 radical (unpaired) electrons. The third kappa shape index (κ3) is 3.91. The van der Waals surface area contributed by atoms with E-state index in [9.17, 15) is 0 Å². The maximum Gasteiger partial charge on any atom is 0.231 e. The molecule has 106 valence electrons. The number of hydrogen-bond donors (Lipinski definition) is 2. The van der Waals surface area contributed by atoms with Gasteiger partial charge in [-0.05, 0) is 44.7 Å². The van der Waals surface area contributed by atoms with E-state index in [0.717, 1.165) is 25.9 Å². The average Bonchev–Trinajstić information content (AvgIpc) is 2.80. The van der Waals surface area contributed by atoms with Gasteiger partial charge in [-0.3, -0.25) is 0 Å². The van der Waals surface area contributed by atoms with Crippen LogP contribution in [0.5, 0.6) is 0 Å². The lowest BCUT2D eigenvalue weighted by Gasteiger charge is -2.26. The van der Waals surface area contributed by atoms with E-state index in [0.29, 0.717) is 18.3 Å². The molecule has 0 spiro atoms. The lowest BCUT2D eigenvalue weighted by molar-refractivity contribution is 0.260. The molecule has 1 aliphatic rings. The molecule has 7 heteroatoms. The lowest BCUT2D eigenvalue weighted by atomic mass is 10.0. The maximum absolute atomic E-state index is 9.03. The van der Waals surface area contributed by atoms with Crippen LogP contribution in [0.3, 0.4) is 0 Å². The first kappa shape index (κ1) is 14.3. The van der Waals surface area contributed by atoms with Crippen molar-refractivity contribution in [2.45, 2.75) is 38.6 Å². The summed E-state index contributed by atoms with van der Waals surface area (Å²) in [5.74, 6) is 1.08.